The second-order valence-electron chi connectivity index (χ2n) is 4.38. The molecule has 1 aromatic heterocycles. The molecule has 0 aliphatic heterocycles. The van der Waals surface area contributed by atoms with E-state index in [1.807, 2.05) is 0 Å². The number of carbonyl (C=O) groups is 1. The van der Waals surface area contributed by atoms with E-state index < -0.39 is 11.8 Å². The van der Waals surface area contributed by atoms with Gasteiger partial charge in [0.05, 0.1) is 31.2 Å². The number of nitrogens with zero attached hydrogens (tertiary/aromatic N) is 2. The zero-order chi connectivity index (χ0) is 15.6. The number of hydrogen-bond donors (Lipinski definition) is 0. The Balaban J connectivity index is 2.33. The van der Waals surface area contributed by atoms with Gasteiger partial charge in [-0.2, -0.15) is 0 Å². The van der Waals surface area contributed by atoms with Gasteiger partial charge in [-0.05, 0) is 40.5 Å². The van der Waals surface area contributed by atoms with Crippen LogP contribution in [0.25, 0.3) is 0 Å². The largest absolute Gasteiger partial charge is 0.465 e. The first-order valence-corrected chi connectivity index (χ1v) is 6.81. The smallest absolute Gasteiger partial charge is 0.340 e. The number of hydrogen-bond acceptors (Lipinski definition) is 4. The Morgan fingerprint density at radius 1 is 1.48 bits per heavy atom. The van der Waals surface area contributed by atoms with Crippen LogP contribution in [0.1, 0.15) is 21.6 Å². The van der Waals surface area contributed by atoms with E-state index in [9.17, 15) is 14.0 Å². The number of aromatic nitrogens is 2. The van der Waals surface area contributed by atoms with E-state index in [0.29, 0.717) is 15.7 Å². The van der Waals surface area contributed by atoms with E-state index in [0.717, 1.165) is 0 Å². The molecule has 1 heterocycles. The lowest BCUT2D eigenvalue weighted by Gasteiger charge is -2.08. The SMILES string of the molecule is COC(=O)c1ccc(Cn2cnc(C)c(Br)c2=O)cc1F. The third-order valence-electron chi connectivity index (χ3n) is 2.95. The van der Waals surface area contributed by atoms with Gasteiger partial charge in [0, 0.05) is 0 Å². The van der Waals surface area contributed by atoms with Crippen molar-refractivity contribution in [2.75, 3.05) is 7.11 Å². The molecule has 0 saturated heterocycles. The maximum atomic E-state index is 13.8. The second-order valence-corrected chi connectivity index (χ2v) is 5.18. The number of benzene rings is 1. The van der Waals surface area contributed by atoms with E-state index in [2.05, 4.69) is 25.7 Å². The molecule has 0 radical (unpaired) electrons. The summed E-state index contributed by atoms with van der Waals surface area (Å²) in [7, 11) is 1.19. The molecule has 21 heavy (non-hydrogen) atoms. The minimum atomic E-state index is -0.740. The molecule has 0 aliphatic rings. The number of methoxy groups -OCH3 is 1. The van der Waals surface area contributed by atoms with Crippen LogP contribution in [0.5, 0.6) is 0 Å². The highest BCUT2D eigenvalue weighted by atomic mass is 79.9. The van der Waals surface area contributed by atoms with Gasteiger partial charge in [-0.1, -0.05) is 6.07 Å². The Morgan fingerprint density at radius 2 is 2.19 bits per heavy atom. The average Bonchev–Trinajstić information content (AvgIpc) is 2.47. The summed E-state index contributed by atoms with van der Waals surface area (Å²) in [5.41, 5.74) is 0.736. The lowest BCUT2D eigenvalue weighted by molar-refractivity contribution is 0.0595. The maximum absolute atomic E-state index is 13.8. The highest BCUT2D eigenvalue weighted by Crippen LogP contribution is 2.13. The van der Waals surface area contributed by atoms with Crippen LogP contribution in [0.4, 0.5) is 4.39 Å². The normalized spacial score (nSPS) is 10.5. The van der Waals surface area contributed by atoms with Crippen LogP contribution >= 0.6 is 15.9 Å². The predicted molar refractivity (Wildman–Crippen MR) is 77.8 cm³/mol. The molecule has 0 bridgehead atoms. The summed E-state index contributed by atoms with van der Waals surface area (Å²) in [6.45, 7) is 1.86. The molecule has 0 fully saturated rings. The number of aryl methyl sites for hydroxylation is 1. The third kappa shape index (κ3) is 3.18. The zero-order valence-electron chi connectivity index (χ0n) is 11.4. The molecule has 0 atom stereocenters. The molecular weight excluding hydrogens is 343 g/mol. The fraction of sp³-hybridized carbons (Fsp3) is 0.214. The second kappa shape index (κ2) is 6.17. The Morgan fingerprint density at radius 3 is 2.81 bits per heavy atom. The van der Waals surface area contributed by atoms with Crippen LogP contribution in [0.15, 0.2) is 33.8 Å². The summed E-state index contributed by atoms with van der Waals surface area (Å²) in [6.07, 6.45) is 1.40. The van der Waals surface area contributed by atoms with E-state index in [1.54, 1.807) is 13.0 Å². The number of halogens is 2. The molecule has 0 unspecified atom stereocenters. The first-order valence-electron chi connectivity index (χ1n) is 6.02. The van der Waals surface area contributed by atoms with Crippen molar-refractivity contribution < 1.29 is 13.9 Å². The number of rotatable bonds is 3. The maximum Gasteiger partial charge on any atom is 0.340 e. The molecule has 0 N–H and O–H groups in total. The van der Waals surface area contributed by atoms with Gasteiger partial charge in [0.1, 0.15) is 10.3 Å². The molecule has 0 spiro atoms. The van der Waals surface area contributed by atoms with Gasteiger partial charge in [0.25, 0.3) is 5.56 Å². The van der Waals surface area contributed by atoms with Crippen LogP contribution in [-0.4, -0.2) is 22.6 Å². The molecule has 5 nitrogen and oxygen atoms in total. The molecule has 0 aliphatic carbocycles. The number of ether oxygens (including phenoxy) is 1. The van der Waals surface area contributed by atoms with Crippen LogP contribution < -0.4 is 5.56 Å². The highest BCUT2D eigenvalue weighted by Gasteiger charge is 2.13. The molecule has 2 rings (SSSR count). The van der Waals surface area contributed by atoms with Crippen molar-refractivity contribution in [3.8, 4) is 0 Å². The van der Waals surface area contributed by atoms with Gasteiger partial charge in [0.15, 0.2) is 0 Å². The third-order valence-corrected chi connectivity index (χ3v) is 3.86. The Hall–Kier alpha value is -2.02. The van der Waals surface area contributed by atoms with Gasteiger partial charge in [0.2, 0.25) is 0 Å². The van der Waals surface area contributed by atoms with Crippen LogP contribution in [0.2, 0.25) is 0 Å². The van der Waals surface area contributed by atoms with E-state index in [1.165, 1.54) is 30.1 Å². The van der Waals surface area contributed by atoms with Gasteiger partial charge >= 0.3 is 5.97 Å². The molecule has 7 heteroatoms. The van der Waals surface area contributed by atoms with Gasteiger partial charge in [-0.3, -0.25) is 9.36 Å². The van der Waals surface area contributed by atoms with Crippen molar-refractivity contribution in [2.24, 2.45) is 0 Å². The topological polar surface area (TPSA) is 61.2 Å². The molecule has 1 aromatic carbocycles. The van der Waals surface area contributed by atoms with Crippen molar-refractivity contribution in [1.29, 1.82) is 0 Å². The van der Waals surface area contributed by atoms with Crippen molar-refractivity contribution in [2.45, 2.75) is 13.5 Å². The number of esters is 1. The first-order chi connectivity index (χ1) is 9.93. The fourth-order valence-electron chi connectivity index (χ4n) is 1.79. The Kier molecular flexibility index (Phi) is 4.52. The van der Waals surface area contributed by atoms with Crippen LogP contribution in [0, 0.1) is 12.7 Å². The summed E-state index contributed by atoms with van der Waals surface area (Å²) < 4.78 is 20.0. The van der Waals surface area contributed by atoms with E-state index in [-0.39, 0.29) is 17.7 Å². The summed E-state index contributed by atoms with van der Waals surface area (Å²) in [6, 6.07) is 4.10. The summed E-state index contributed by atoms with van der Waals surface area (Å²) in [5, 5.41) is 0. The number of carbonyl (C=O) groups excluding carboxylic acids is 1. The average molecular weight is 355 g/mol. The van der Waals surface area contributed by atoms with E-state index >= 15 is 0 Å². The molecular formula is C14H12BrFN2O3. The fourth-order valence-corrected chi connectivity index (χ4v) is 2.12. The monoisotopic (exact) mass is 354 g/mol. The van der Waals surface area contributed by atoms with Crippen LogP contribution in [0.3, 0.4) is 0 Å². The predicted octanol–water partition coefficient (Wildman–Crippen LogP) is 2.29. The van der Waals surface area contributed by atoms with Gasteiger partial charge in [-0.25, -0.2) is 14.2 Å². The van der Waals surface area contributed by atoms with Crippen molar-refractivity contribution >= 4 is 21.9 Å². The molecule has 2 aromatic rings. The standard InChI is InChI=1S/C14H12BrFN2O3/c1-8-12(15)13(19)18(7-17-8)6-9-3-4-10(11(16)5-9)14(20)21-2/h3-5,7H,6H2,1-2H3. The Bertz CT molecular complexity index is 758. The minimum absolute atomic E-state index is 0.142. The minimum Gasteiger partial charge on any atom is -0.465 e. The van der Waals surface area contributed by atoms with E-state index in [4.69, 9.17) is 0 Å². The zero-order valence-corrected chi connectivity index (χ0v) is 13.0. The van der Waals surface area contributed by atoms with Gasteiger partial charge in [-0.15, -0.1) is 0 Å². The van der Waals surface area contributed by atoms with Gasteiger partial charge < -0.3 is 4.74 Å². The lowest BCUT2D eigenvalue weighted by atomic mass is 10.1. The van der Waals surface area contributed by atoms with Crippen LogP contribution in [-0.2, 0) is 11.3 Å². The summed E-state index contributed by atoms with van der Waals surface area (Å²) in [4.78, 5) is 27.4. The Labute approximate surface area is 128 Å². The quantitative estimate of drug-likeness (QED) is 0.793. The first kappa shape index (κ1) is 15.4. The molecule has 0 amide bonds. The van der Waals surface area contributed by atoms with Crippen molar-refractivity contribution in [3.63, 3.8) is 0 Å². The van der Waals surface area contributed by atoms with Crippen molar-refractivity contribution in [1.82, 2.24) is 9.55 Å². The molecule has 0 saturated carbocycles. The summed E-state index contributed by atoms with van der Waals surface area (Å²) in [5.74, 6) is -1.43. The summed E-state index contributed by atoms with van der Waals surface area (Å²) >= 11 is 3.17. The van der Waals surface area contributed by atoms with Crippen molar-refractivity contribution in [3.05, 3.63) is 62.0 Å². The lowest BCUT2D eigenvalue weighted by Crippen LogP contribution is -2.22. The molecule has 110 valence electrons. The highest BCUT2D eigenvalue weighted by molar-refractivity contribution is 9.10.